The van der Waals surface area contributed by atoms with Gasteiger partial charge in [0.25, 0.3) is 5.91 Å². The van der Waals surface area contributed by atoms with Gasteiger partial charge in [-0.1, -0.05) is 11.8 Å². The number of amides is 1. The van der Waals surface area contributed by atoms with Crippen LogP contribution in [0.25, 0.3) is 0 Å². The molecule has 4 rings (SSSR count). The molecule has 0 saturated carbocycles. The summed E-state index contributed by atoms with van der Waals surface area (Å²) in [5.41, 5.74) is 0.164. The van der Waals surface area contributed by atoms with E-state index in [1.807, 2.05) is 7.05 Å². The highest BCUT2D eigenvalue weighted by molar-refractivity contribution is 7.99. The lowest BCUT2D eigenvalue weighted by molar-refractivity contribution is 0.101. The number of hydrogen-bond acceptors (Lipinski definition) is 11. The molecule has 0 fully saturated rings. The van der Waals surface area contributed by atoms with Gasteiger partial charge in [0, 0.05) is 27.9 Å². The molecular formula is C23H24FN6O4PS3. The average molecular weight is 595 g/mol. The molecule has 200 valence electrons. The number of thiazole rings is 1. The second kappa shape index (κ2) is 13.0. The predicted molar refractivity (Wildman–Crippen MR) is 145 cm³/mol. The van der Waals surface area contributed by atoms with Crippen molar-refractivity contribution in [1.82, 2.24) is 24.7 Å². The van der Waals surface area contributed by atoms with Crippen LogP contribution in [0, 0.1) is 5.82 Å². The SMILES string of the molecule is CCOP(=O)(Cc1cnc(NC(=O)c2nc(Sc3nncn3C)ccc2Sc2ccc(F)cc2)s1)OCC. The molecule has 0 aliphatic heterocycles. The number of pyridine rings is 1. The van der Waals surface area contributed by atoms with Crippen LogP contribution in [0.5, 0.6) is 0 Å². The fourth-order valence-electron chi connectivity index (χ4n) is 3.13. The molecule has 0 radical (unpaired) electrons. The fourth-order valence-corrected chi connectivity index (χ4v) is 7.61. The highest BCUT2D eigenvalue weighted by atomic mass is 32.2. The number of carbonyl (C=O) groups excluding carboxylic acids is 1. The third-order valence-electron chi connectivity index (χ3n) is 4.73. The maximum absolute atomic E-state index is 13.4. The van der Waals surface area contributed by atoms with Crippen molar-refractivity contribution in [2.24, 2.45) is 7.05 Å². The van der Waals surface area contributed by atoms with Crippen LogP contribution in [0.3, 0.4) is 0 Å². The number of aryl methyl sites for hydroxylation is 1. The van der Waals surface area contributed by atoms with Gasteiger partial charge in [-0.05, 0) is 62.0 Å². The molecule has 0 unspecified atom stereocenters. The van der Waals surface area contributed by atoms with Crippen LogP contribution < -0.4 is 5.32 Å². The zero-order valence-corrected chi connectivity index (χ0v) is 24.0. The van der Waals surface area contributed by atoms with E-state index in [0.29, 0.717) is 25.1 Å². The van der Waals surface area contributed by atoms with E-state index in [0.717, 1.165) is 4.90 Å². The fraction of sp³-hybridized carbons (Fsp3) is 0.261. The van der Waals surface area contributed by atoms with Crippen LogP contribution in [-0.4, -0.2) is 43.9 Å². The Hall–Kier alpha value is -2.61. The number of nitrogens with zero attached hydrogens (tertiary/aromatic N) is 5. The lowest BCUT2D eigenvalue weighted by Crippen LogP contribution is -2.15. The van der Waals surface area contributed by atoms with E-state index in [4.69, 9.17) is 9.05 Å². The summed E-state index contributed by atoms with van der Waals surface area (Å²) in [5, 5.41) is 12.2. The molecule has 3 heterocycles. The number of halogens is 1. The molecule has 10 nitrogen and oxygen atoms in total. The van der Waals surface area contributed by atoms with Gasteiger partial charge in [-0.25, -0.2) is 14.4 Å². The Morgan fingerprint density at radius 2 is 1.87 bits per heavy atom. The van der Waals surface area contributed by atoms with Gasteiger partial charge in [0.2, 0.25) is 0 Å². The van der Waals surface area contributed by atoms with Gasteiger partial charge in [-0.2, -0.15) is 0 Å². The van der Waals surface area contributed by atoms with Gasteiger partial charge in [0.15, 0.2) is 10.3 Å². The van der Waals surface area contributed by atoms with E-state index in [1.165, 1.54) is 53.2 Å². The van der Waals surface area contributed by atoms with Crippen molar-refractivity contribution in [3.05, 3.63) is 65.3 Å². The smallest absolute Gasteiger partial charge is 0.311 e. The van der Waals surface area contributed by atoms with Crippen molar-refractivity contribution < 1.29 is 22.8 Å². The molecule has 0 bridgehead atoms. The molecule has 38 heavy (non-hydrogen) atoms. The maximum atomic E-state index is 13.4. The quantitative estimate of drug-likeness (QED) is 0.192. The van der Waals surface area contributed by atoms with Crippen LogP contribution in [0.2, 0.25) is 0 Å². The number of benzene rings is 1. The lowest BCUT2D eigenvalue weighted by atomic mass is 10.3. The van der Waals surface area contributed by atoms with Gasteiger partial charge in [0.1, 0.15) is 22.9 Å². The summed E-state index contributed by atoms with van der Waals surface area (Å²) < 4.78 is 38.7. The number of nitrogens with one attached hydrogen (secondary N) is 1. The van der Waals surface area contributed by atoms with Crippen molar-refractivity contribution in [2.75, 3.05) is 18.5 Å². The molecule has 3 aromatic heterocycles. The van der Waals surface area contributed by atoms with E-state index < -0.39 is 13.5 Å². The third kappa shape index (κ3) is 7.49. The molecule has 0 aliphatic carbocycles. The van der Waals surface area contributed by atoms with Crippen molar-refractivity contribution in [2.45, 2.75) is 40.0 Å². The first-order valence-corrected chi connectivity index (χ1v) is 15.6. The highest BCUT2D eigenvalue weighted by Crippen LogP contribution is 2.52. The van der Waals surface area contributed by atoms with Gasteiger partial charge in [-0.3, -0.25) is 14.7 Å². The largest absolute Gasteiger partial charge is 0.335 e. The third-order valence-corrected chi connectivity index (χ3v) is 9.93. The molecule has 0 spiro atoms. The minimum absolute atomic E-state index is 0.0515. The van der Waals surface area contributed by atoms with Crippen molar-refractivity contribution in [1.29, 1.82) is 0 Å². The zero-order chi connectivity index (χ0) is 27.1. The summed E-state index contributed by atoms with van der Waals surface area (Å²) in [6, 6.07) is 9.53. The monoisotopic (exact) mass is 594 g/mol. The zero-order valence-electron chi connectivity index (χ0n) is 20.7. The maximum Gasteiger partial charge on any atom is 0.335 e. The van der Waals surface area contributed by atoms with Crippen LogP contribution in [0.4, 0.5) is 9.52 Å². The van der Waals surface area contributed by atoms with Crippen LogP contribution in [-0.2, 0) is 26.8 Å². The van der Waals surface area contributed by atoms with E-state index in [-0.39, 0.29) is 30.9 Å². The second-order valence-electron chi connectivity index (χ2n) is 7.57. The summed E-state index contributed by atoms with van der Waals surface area (Å²) in [6.07, 6.45) is 3.16. The van der Waals surface area contributed by atoms with E-state index in [1.54, 1.807) is 49.0 Å². The van der Waals surface area contributed by atoms with E-state index in [9.17, 15) is 13.8 Å². The molecule has 0 aliphatic rings. The Balaban J connectivity index is 1.57. The standard InChI is InChI=1S/C23H24FN6O4PS3/c1-4-33-35(32,34-5-2)13-17-12-25-22(37-17)28-21(31)20-18(36-16-8-6-15(24)7-9-16)10-11-19(27-20)38-23-29-26-14-30(23)3/h6-12,14H,4-5,13H2,1-3H3,(H,25,28,31). The molecule has 15 heteroatoms. The normalized spacial score (nSPS) is 11.6. The minimum Gasteiger partial charge on any atom is -0.311 e. The Labute approximate surface area is 231 Å². The molecule has 4 aromatic rings. The number of aromatic nitrogens is 5. The molecule has 1 amide bonds. The number of anilines is 1. The molecule has 1 aromatic carbocycles. The van der Waals surface area contributed by atoms with Crippen LogP contribution >= 0.6 is 42.5 Å². The lowest BCUT2D eigenvalue weighted by Gasteiger charge is -2.15. The Morgan fingerprint density at radius 1 is 1.13 bits per heavy atom. The summed E-state index contributed by atoms with van der Waals surface area (Å²) in [6.45, 7) is 4.00. The van der Waals surface area contributed by atoms with Gasteiger partial charge >= 0.3 is 7.60 Å². The highest BCUT2D eigenvalue weighted by Gasteiger charge is 2.26. The van der Waals surface area contributed by atoms with Crippen molar-refractivity contribution in [3.63, 3.8) is 0 Å². The summed E-state index contributed by atoms with van der Waals surface area (Å²) in [4.78, 5) is 24.2. The van der Waals surface area contributed by atoms with Gasteiger partial charge < -0.3 is 13.6 Å². The summed E-state index contributed by atoms with van der Waals surface area (Å²) in [5.74, 6) is -0.826. The average Bonchev–Trinajstić information content (AvgIpc) is 3.49. The first-order chi connectivity index (χ1) is 18.3. The van der Waals surface area contributed by atoms with Crippen LogP contribution in [0.15, 0.2) is 68.9 Å². The Kier molecular flexibility index (Phi) is 9.69. The number of hydrogen-bond donors (Lipinski definition) is 1. The van der Waals surface area contributed by atoms with Crippen molar-refractivity contribution >= 4 is 53.5 Å². The molecule has 0 atom stereocenters. The minimum atomic E-state index is -3.31. The predicted octanol–water partition coefficient (Wildman–Crippen LogP) is 6.13. The molecule has 0 saturated heterocycles. The molecular weight excluding hydrogens is 570 g/mol. The number of carbonyl (C=O) groups is 1. The topological polar surface area (TPSA) is 121 Å². The molecule has 1 N–H and O–H groups in total. The van der Waals surface area contributed by atoms with E-state index >= 15 is 0 Å². The van der Waals surface area contributed by atoms with E-state index in [2.05, 4.69) is 25.5 Å². The number of rotatable bonds is 12. The van der Waals surface area contributed by atoms with Gasteiger partial charge in [-0.15, -0.1) is 21.5 Å². The summed E-state index contributed by atoms with van der Waals surface area (Å²) in [7, 11) is -1.50. The first kappa shape index (κ1) is 28.4. The summed E-state index contributed by atoms with van der Waals surface area (Å²) >= 11 is 3.73. The van der Waals surface area contributed by atoms with Gasteiger partial charge in [0.05, 0.1) is 19.4 Å². The second-order valence-corrected chi connectivity index (χ2v) is 12.8. The Bertz CT molecular complexity index is 1440. The first-order valence-electron chi connectivity index (χ1n) is 11.4. The van der Waals surface area contributed by atoms with Crippen molar-refractivity contribution in [3.8, 4) is 0 Å². The van der Waals surface area contributed by atoms with Crippen LogP contribution in [0.1, 0.15) is 29.2 Å². The Morgan fingerprint density at radius 3 is 2.53 bits per heavy atom.